The Morgan fingerprint density at radius 1 is 1.25 bits per heavy atom. The number of rotatable bonds is 4. The van der Waals surface area contributed by atoms with Crippen molar-refractivity contribution >= 4 is 10.9 Å². The normalized spacial score (nSPS) is 20.4. The van der Waals surface area contributed by atoms with Gasteiger partial charge >= 0.3 is 0 Å². The molecule has 3 rings (SSSR count). The Kier molecular flexibility index (Phi) is 4.28. The minimum atomic E-state index is 0.294. The Balaban J connectivity index is 1.77. The van der Waals surface area contributed by atoms with E-state index in [4.69, 9.17) is 0 Å². The van der Waals surface area contributed by atoms with E-state index >= 15 is 0 Å². The van der Waals surface area contributed by atoms with Crippen LogP contribution in [0.2, 0.25) is 0 Å². The van der Waals surface area contributed by atoms with Crippen molar-refractivity contribution in [2.75, 3.05) is 13.2 Å². The molecule has 1 aliphatic heterocycles. The van der Waals surface area contributed by atoms with Crippen LogP contribution in [-0.4, -0.2) is 34.2 Å². The lowest BCUT2D eigenvalue weighted by Crippen LogP contribution is -2.39. The highest BCUT2D eigenvalue weighted by Gasteiger charge is 2.21. The summed E-state index contributed by atoms with van der Waals surface area (Å²) in [6.07, 6.45) is 6.52. The minimum absolute atomic E-state index is 0.294. The molecule has 1 saturated heterocycles. The summed E-state index contributed by atoms with van der Waals surface area (Å²) >= 11 is 0. The summed E-state index contributed by atoms with van der Waals surface area (Å²) in [6.45, 7) is 2.42. The Labute approximate surface area is 120 Å². The van der Waals surface area contributed by atoms with E-state index in [-0.39, 0.29) is 0 Å². The van der Waals surface area contributed by atoms with Crippen LogP contribution in [0.4, 0.5) is 0 Å². The molecule has 20 heavy (non-hydrogen) atoms. The van der Waals surface area contributed by atoms with E-state index in [1.54, 1.807) is 0 Å². The maximum Gasteiger partial charge on any atom is 0.0702 e. The largest absolute Gasteiger partial charge is 0.396 e. The van der Waals surface area contributed by atoms with Crippen molar-refractivity contribution in [2.24, 2.45) is 0 Å². The third-order valence-corrected chi connectivity index (χ3v) is 4.26. The molecule has 3 heteroatoms. The SMILES string of the molecule is OCCC1CCCCN1Cc1ccc2ncccc2c1. The molecule has 1 N–H and O–H groups in total. The van der Waals surface area contributed by atoms with Crippen LogP contribution in [0.25, 0.3) is 10.9 Å². The molecule has 0 bridgehead atoms. The van der Waals surface area contributed by atoms with Crippen molar-refractivity contribution < 1.29 is 5.11 Å². The first-order valence-corrected chi connectivity index (χ1v) is 7.55. The standard InChI is InChI=1S/C17H22N2O/c20-11-8-16-5-1-2-10-19(16)13-14-6-7-17-15(12-14)4-3-9-18-17/h3-4,6-7,9,12,16,20H,1-2,5,8,10-11,13H2. The second kappa shape index (κ2) is 6.33. The van der Waals surface area contributed by atoms with Gasteiger partial charge in [0.05, 0.1) is 5.52 Å². The van der Waals surface area contributed by atoms with Crippen LogP contribution in [0.5, 0.6) is 0 Å². The molecule has 0 aliphatic carbocycles. The summed E-state index contributed by atoms with van der Waals surface area (Å²) in [4.78, 5) is 6.89. The minimum Gasteiger partial charge on any atom is -0.396 e. The first-order chi connectivity index (χ1) is 9.86. The molecule has 0 radical (unpaired) electrons. The average Bonchev–Trinajstić information content (AvgIpc) is 2.49. The fraction of sp³-hybridized carbons (Fsp3) is 0.471. The number of pyridine rings is 1. The lowest BCUT2D eigenvalue weighted by Gasteiger charge is -2.35. The number of fused-ring (bicyclic) bond motifs is 1. The lowest BCUT2D eigenvalue weighted by atomic mass is 9.98. The zero-order valence-corrected chi connectivity index (χ0v) is 11.8. The molecular formula is C17H22N2O. The average molecular weight is 270 g/mol. The molecule has 1 aromatic heterocycles. The van der Waals surface area contributed by atoms with Gasteiger partial charge in [-0.3, -0.25) is 9.88 Å². The molecule has 1 fully saturated rings. The van der Waals surface area contributed by atoms with Gasteiger partial charge in [0.2, 0.25) is 0 Å². The Hall–Kier alpha value is -1.45. The third-order valence-electron chi connectivity index (χ3n) is 4.26. The Morgan fingerprint density at radius 2 is 2.20 bits per heavy atom. The summed E-state index contributed by atoms with van der Waals surface area (Å²) in [7, 11) is 0. The zero-order valence-electron chi connectivity index (χ0n) is 11.8. The summed E-state index contributed by atoms with van der Waals surface area (Å²) in [6, 6.07) is 11.2. The molecule has 0 amide bonds. The van der Waals surface area contributed by atoms with Crippen LogP contribution < -0.4 is 0 Å². The predicted molar refractivity (Wildman–Crippen MR) is 81.5 cm³/mol. The lowest BCUT2D eigenvalue weighted by molar-refractivity contribution is 0.112. The maximum atomic E-state index is 9.21. The number of hydrogen-bond donors (Lipinski definition) is 1. The fourth-order valence-corrected chi connectivity index (χ4v) is 3.20. The Morgan fingerprint density at radius 3 is 3.10 bits per heavy atom. The predicted octanol–water partition coefficient (Wildman–Crippen LogP) is 2.97. The van der Waals surface area contributed by atoms with E-state index in [0.29, 0.717) is 12.6 Å². The van der Waals surface area contributed by atoms with Crippen LogP contribution in [0, 0.1) is 0 Å². The zero-order chi connectivity index (χ0) is 13.8. The molecule has 3 nitrogen and oxygen atoms in total. The number of benzene rings is 1. The van der Waals surface area contributed by atoms with Gasteiger partial charge in [-0.05, 0) is 49.6 Å². The van der Waals surface area contributed by atoms with E-state index in [1.165, 1.54) is 30.2 Å². The monoisotopic (exact) mass is 270 g/mol. The van der Waals surface area contributed by atoms with E-state index in [9.17, 15) is 5.11 Å². The van der Waals surface area contributed by atoms with Crippen molar-refractivity contribution in [3.63, 3.8) is 0 Å². The molecular weight excluding hydrogens is 248 g/mol. The van der Waals surface area contributed by atoms with Gasteiger partial charge in [-0.2, -0.15) is 0 Å². The van der Waals surface area contributed by atoms with Crippen LogP contribution in [0.1, 0.15) is 31.2 Å². The first kappa shape index (κ1) is 13.5. The van der Waals surface area contributed by atoms with Crippen molar-refractivity contribution in [1.29, 1.82) is 0 Å². The Bertz CT molecular complexity index is 568. The highest BCUT2D eigenvalue weighted by atomic mass is 16.3. The van der Waals surface area contributed by atoms with Gasteiger partial charge in [-0.1, -0.05) is 18.6 Å². The summed E-state index contributed by atoms with van der Waals surface area (Å²) < 4.78 is 0. The summed E-state index contributed by atoms with van der Waals surface area (Å²) in [5.74, 6) is 0. The molecule has 1 aromatic carbocycles. The van der Waals surface area contributed by atoms with Crippen molar-refractivity contribution in [1.82, 2.24) is 9.88 Å². The van der Waals surface area contributed by atoms with Gasteiger partial charge in [0.1, 0.15) is 0 Å². The first-order valence-electron chi connectivity index (χ1n) is 7.55. The van der Waals surface area contributed by atoms with Gasteiger partial charge in [0.25, 0.3) is 0 Å². The van der Waals surface area contributed by atoms with Gasteiger partial charge in [0, 0.05) is 30.8 Å². The summed E-state index contributed by atoms with van der Waals surface area (Å²) in [5, 5.41) is 10.4. The topological polar surface area (TPSA) is 36.4 Å². The van der Waals surface area contributed by atoms with Crippen LogP contribution in [-0.2, 0) is 6.54 Å². The van der Waals surface area contributed by atoms with Gasteiger partial charge < -0.3 is 5.11 Å². The van der Waals surface area contributed by atoms with Gasteiger partial charge in [-0.15, -0.1) is 0 Å². The number of aromatic nitrogens is 1. The van der Waals surface area contributed by atoms with Gasteiger partial charge in [-0.25, -0.2) is 0 Å². The van der Waals surface area contributed by atoms with Crippen molar-refractivity contribution in [3.05, 3.63) is 42.1 Å². The highest BCUT2D eigenvalue weighted by Crippen LogP contribution is 2.23. The second-order valence-electron chi connectivity index (χ2n) is 5.66. The van der Waals surface area contributed by atoms with Crippen molar-refractivity contribution in [3.8, 4) is 0 Å². The van der Waals surface area contributed by atoms with E-state index in [0.717, 1.165) is 25.0 Å². The number of likely N-dealkylation sites (tertiary alicyclic amines) is 1. The molecule has 2 aromatic rings. The number of piperidine rings is 1. The number of aliphatic hydroxyl groups excluding tert-OH is 1. The third kappa shape index (κ3) is 3.00. The van der Waals surface area contributed by atoms with E-state index in [2.05, 4.69) is 34.1 Å². The highest BCUT2D eigenvalue weighted by molar-refractivity contribution is 5.78. The fourth-order valence-electron chi connectivity index (χ4n) is 3.20. The van der Waals surface area contributed by atoms with E-state index in [1.807, 2.05) is 12.3 Å². The van der Waals surface area contributed by atoms with Crippen molar-refractivity contribution in [2.45, 2.75) is 38.3 Å². The number of hydrogen-bond acceptors (Lipinski definition) is 3. The van der Waals surface area contributed by atoms with Gasteiger partial charge in [0.15, 0.2) is 0 Å². The molecule has 0 saturated carbocycles. The molecule has 2 heterocycles. The smallest absolute Gasteiger partial charge is 0.0702 e. The molecule has 1 atom stereocenters. The van der Waals surface area contributed by atoms with Crippen LogP contribution in [0.15, 0.2) is 36.5 Å². The molecule has 0 spiro atoms. The quantitative estimate of drug-likeness (QED) is 0.928. The summed E-state index contributed by atoms with van der Waals surface area (Å²) in [5.41, 5.74) is 2.40. The number of aliphatic hydroxyl groups is 1. The van der Waals surface area contributed by atoms with Crippen LogP contribution in [0.3, 0.4) is 0 Å². The number of nitrogens with zero attached hydrogens (tertiary/aromatic N) is 2. The van der Waals surface area contributed by atoms with Crippen LogP contribution >= 0.6 is 0 Å². The second-order valence-corrected chi connectivity index (χ2v) is 5.66. The maximum absolute atomic E-state index is 9.21. The molecule has 1 unspecified atom stereocenters. The molecule has 106 valence electrons. The molecule has 1 aliphatic rings. The van der Waals surface area contributed by atoms with E-state index < -0.39 is 0 Å².